The summed E-state index contributed by atoms with van der Waals surface area (Å²) in [5, 5.41) is 17.3. The highest BCUT2D eigenvalue weighted by atomic mass is 32.2. The molecule has 320 valence electrons. The van der Waals surface area contributed by atoms with Crippen molar-refractivity contribution < 1.29 is 31.5 Å². The van der Waals surface area contributed by atoms with E-state index in [9.17, 15) is 23.3 Å². The van der Waals surface area contributed by atoms with E-state index in [0.29, 0.717) is 39.8 Å². The molecule has 1 saturated carbocycles. The Hall–Kier alpha value is -5.77. The number of ether oxygens (including phenoxy) is 1. The Morgan fingerprint density at radius 1 is 1.00 bits per heavy atom. The zero-order valence-corrected chi connectivity index (χ0v) is 35.1. The van der Waals surface area contributed by atoms with E-state index in [1.165, 1.54) is 24.1 Å². The number of halogens is 2. The summed E-state index contributed by atoms with van der Waals surface area (Å²) in [6.45, 7) is 4.08. The van der Waals surface area contributed by atoms with Crippen molar-refractivity contribution >= 4 is 55.6 Å². The van der Waals surface area contributed by atoms with Crippen molar-refractivity contribution in [1.29, 1.82) is 5.26 Å². The molecule has 15 nitrogen and oxygen atoms in total. The number of fused-ring (bicyclic) bond motifs is 2. The minimum absolute atomic E-state index is 0.0989. The van der Waals surface area contributed by atoms with Crippen molar-refractivity contribution in [3.8, 4) is 17.6 Å². The molecule has 0 unspecified atom stereocenters. The van der Waals surface area contributed by atoms with Crippen molar-refractivity contribution in [2.75, 3.05) is 42.8 Å². The van der Waals surface area contributed by atoms with Crippen LogP contribution in [0.5, 0.6) is 11.5 Å². The lowest BCUT2D eigenvalue weighted by atomic mass is 9.80. The molecule has 3 aromatic carbocycles. The summed E-state index contributed by atoms with van der Waals surface area (Å²) in [6.07, 6.45) is 9.56. The minimum atomic E-state index is -3.97. The first-order chi connectivity index (χ1) is 29.3. The van der Waals surface area contributed by atoms with Crippen LogP contribution in [0, 0.1) is 28.9 Å². The van der Waals surface area contributed by atoms with Crippen LogP contribution in [-0.2, 0) is 28.5 Å². The summed E-state index contributed by atoms with van der Waals surface area (Å²) in [7, 11) is -0.796. The number of aromatic nitrogens is 4. The van der Waals surface area contributed by atoms with Crippen LogP contribution in [0.3, 0.4) is 0 Å². The van der Waals surface area contributed by atoms with Crippen molar-refractivity contribution in [1.82, 2.24) is 34.3 Å². The second kappa shape index (κ2) is 17.3. The first-order valence-electron chi connectivity index (χ1n) is 20.7. The maximum Gasteiger partial charge on any atom is 0.329 e. The van der Waals surface area contributed by atoms with Crippen LogP contribution in [0.15, 0.2) is 48.7 Å². The molecule has 18 heteroatoms. The molecule has 0 bridgehead atoms. The molecule has 0 atom stereocenters. The zero-order valence-electron chi connectivity index (χ0n) is 34.3. The van der Waals surface area contributed by atoms with Gasteiger partial charge in [-0.2, -0.15) is 23.1 Å². The predicted molar refractivity (Wildman–Crippen MR) is 225 cm³/mol. The number of aryl methyl sites for hydroxylation is 2. The molecule has 2 aliphatic heterocycles. The summed E-state index contributed by atoms with van der Waals surface area (Å²) in [5.74, 6) is -0.632. The quantitative estimate of drug-likeness (QED) is 0.134. The third-order valence-electron chi connectivity index (χ3n) is 12.5. The van der Waals surface area contributed by atoms with E-state index in [0.717, 1.165) is 86.0 Å². The molecule has 0 spiro atoms. The SMILES string of the molecule is CCN(C)S(=O)(=O)Nc1ccc(F)c(Oc2ccc3ncc(CCC4CCN(C5CCC(c6cc7c(cc6F)c(N6CCC(=O)NC6=O)nn7C)CC5)CC4)nc3c2)c1C#N. The van der Waals surface area contributed by atoms with Crippen LogP contribution in [-0.4, -0.2) is 88.6 Å². The van der Waals surface area contributed by atoms with Crippen molar-refractivity contribution in [3.05, 3.63) is 77.1 Å². The van der Waals surface area contributed by atoms with Crippen LogP contribution in [0.25, 0.3) is 21.9 Å². The maximum absolute atomic E-state index is 15.7. The number of urea groups is 1. The molecular formula is C43H48F2N10O5S. The molecule has 1 aliphatic carbocycles. The van der Waals surface area contributed by atoms with Crippen LogP contribution in [0.1, 0.15) is 81.0 Å². The van der Waals surface area contributed by atoms with Crippen LogP contribution in [0.4, 0.5) is 25.1 Å². The fraction of sp³-hybridized carbons (Fsp3) is 0.442. The summed E-state index contributed by atoms with van der Waals surface area (Å²) in [4.78, 5) is 37.6. The molecule has 3 fully saturated rings. The summed E-state index contributed by atoms with van der Waals surface area (Å²) < 4.78 is 67.0. The van der Waals surface area contributed by atoms with Crippen LogP contribution < -0.4 is 19.7 Å². The Morgan fingerprint density at radius 3 is 2.49 bits per heavy atom. The summed E-state index contributed by atoms with van der Waals surface area (Å²) in [6, 6.07) is 12.3. The first kappa shape index (κ1) is 41.9. The van der Waals surface area contributed by atoms with Gasteiger partial charge in [0.15, 0.2) is 17.4 Å². The molecule has 2 aromatic heterocycles. The zero-order chi connectivity index (χ0) is 43.0. The Morgan fingerprint density at radius 2 is 1.77 bits per heavy atom. The fourth-order valence-electron chi connectivity index (χ4n) is 8.84. The smallest absolute Gasteiger partial charge is 0.329 e. The monoisotopic (exact) mass is 854 g/mol. The number of hydrogen-bond donors (Lipinski definition) is 2. The molecule has 3 aliphatic rings. The number of nitriles is 1. The summed E-state index contributed by atoms with van der Waals surface area (Å²) in [5.41, 5.74) is 3.06. The van der Waals surface area contributed by atoms with Gasteiger partial charge in [0.2, 0.25) is 5.91 Å². The van der Waals surface area contributed by atoms with Gasteiger partial charge < -0.3 is 9.64 Å². The number of nitrogens with one attached hydrogen (secondary N) is 2. The fourth-order valence-corrected chi connectivity index (χ4v) is 9.78. The lowest BCUT2D eigenvalue weighted by Gasteiger charge is -2.41. The number of piperidine rings is 1. The van der Waals surface area contributed by atoms with Gasteiger partial charge in [-0.15, -0.1) is 0 Å². The number of rotatable bonds is 12. The lowest BCUT2D eigenvalue weighted by Crippen LogP contribution is -2.49. The van der Waals surface area contributed by atoms with E-state index in [4.69, 9.17) is 9.72 Å². The van der Waals surface area contributed by atoms with E-state index in [2.05, 4.69) is 25.0 Å². The maximum atomic E-state index is 15.7. The Labute approximate surface area is 352 Å². The molecule has 8 rings (SSSR count). The van der Waals surface area contributed by atoms with Crippen molar-refractivity contribution in [3.63, 3.8) is 0 Å². The minimum Gasteiger partial charge on any atom is -0.453 e. The highest BCUT2D eigenvalue weighted by Crippen LogP contribution is 2.40. The van der Waals surface area contributed by atoms with Crippen molar-refractivity contribution in [2.45, 2.75) is 76.7 Å². The number of carbonyl (C=O) groups is 2. The number of benzene rings is 3. The van der Waals surface area contributed by atoms with Gasteiger partial charge in [0.1, 0.15) is 23.2 Å². The molecular weight excluding hydrogens is 807 g/mol. The number of anilines is 2. The molecule has 61 heavy (non-hydrogen) atoms. The van der Waals surface area contributed by atoms with E-state index in [1.807, 2.05) is 12.1 Å². The van der Waals surface area contributed by atoms with Gasteiger partial charge in [-0.1, -0.05) is 6.92 Å². The van der Waals surface area contributed by atoms with E-state index in [-0.39, 0.29) is 54.2 Å². The highest BCUT2D eigenvalue weighted by Gasteiger charge is 2.33. The Balaban J connectivity index is 0.846. The van der Waals surface area contributed by atoms with Crippen LogP contribution in [0.2, 0.25) is 0 Å². The Kier molecular flexibility index (Phi) is 11.9. The van der Waals surface area contributed by atoms with Gasteiger partial charge in [0.05, 0.1) is 27.9 Å². The number of likely N-dealkylation sites (tertiary alicyclic amines) is 1. The topological polar surface area (TPSA) is 179 Å². The van der Waals surface area contributed by atoms with E-state index in [1.54, 1.807) is 43.0 Å². The molecule has 0 radical (unpaired) electrons. The molecule has 2 saturated heterocycles. The largest absolute Gasteiger partial charge is 0.453 e. The number of imide groups is 1. The van der Waals surface area contributed by atoms with Gasteiger partial charge in [-0.3, -0.25) is 29.4 Å². The van der Waals surface area contributed by atoms with Gasteiger partial charge in [-0.05, 0) is 118 Å². The van der Waals surface area contributed by atoms with Gasteiger partial charge in [0, 0.05) is 57.3 Å². The molecule has 3 amide bonds. The number of hydrogen-bond acceptors (Lipinski definition) is 10. The second-order valence-corrected chi connectivity index (χ2v) is 17.9. The molecule has 4 heterocycles. The number of carbonyl (C=O) groups excluding carboxylic acids is 2. The van der Waals surface area contributed by atoms with Crippen LogP contribution >= 0.6 is 0 Å². The average Bonchev–Trinajstić information content (AvgIpc) is 3.57. The normalized spacial score (nSPS) is 19.4. The van der Waals surface area contributed by atoms with Crippen molar-refractivity contribution in [2.24, 2.45) is 13.0 Å². The standard InChI is InChI=1S/C43H48F2N10O5S/c1-4-52(2)61(58,59)51-36-14-12-34(44)41(33(36)24-46)60-30-11-13-37-38(21-30)48-28(25-47-37)8-5-26-15-18-54(19-16-26)29-9-6-27(7-10-29)31-23-39-32(22-35(31)45)42(50-53(39)3)55-20-17-40(56)49-43(55)57/h11-14,21-23,25-27,29,51H,4-10,15-20H2,1-3H3,(H,49,56,57). The number of nitrogens with zero attached hydrogens (tertiary/aromatic N) is 8. The molecule has 5 aromatic rings. The average molecular weight is 855 g/mol. The first-order valence-corrected chi connectivity index (χ1v) is 22.2. The molecule has 2 N–H and O–H groups in total. The third-order valence-corrected chi connectivity index (χ3v) is 14.0. The van der Waals surface area contributed by atoms with Gasteiger partial charge in [0.25, 0.3) is 0 Å². The van der Waals surface area contributed by atoms with E-state index >= 15 is 8.78 Å². The third kappa shape index (κ3) is 8.72. The van der Waals surface area contributed by atoms with E-state index < -0.39 is 27.8 Å². The predicted octanol–water partition coefficient (Wildman–Crippen LogP) is 6.88. The Bertz CT molecular complexity index is 2650. The number of amides is 3. The second-order valence-electron chi connectivity index (χ2n) is 16.2. The highest BCUT2D eigenvalue weighted by molar-refractivity contribution is 7.90. The van der Waals surface area contributed by atoms with Gasteiger partial charge in [-0.25, -0.2) is 18.6 Å². The summed E-state index contributed by atoms with van der Waals surface area (Å²) >= 11 is 0. The van der Waals surface area contributed by atoms with Gasteiger partial charge >= 0.3 is 16.2 Å². The lowest BCUT2D eigenvalue weighted by molar-refractivity contribution is -0.120.